The molecule has 4 aromatic rings. The fourth-order valence-corrected chi connectivity index (χ4v) is 2.80. The number of nitrogens with one attached hydrogen (secondary N) is 1. The van der Waals surface area contributed by atoms with Crippen molar-refractivity contribution < 1.29 is 31.1 Å². The normalized spacial score (nSPS) is 12.5. The third-order valence-electron chi connectivity index (χ3n) is 4.00. The van der Waals surface area contributed by atoms with Gasteiger partial charge in [-0.3, -0.25) is 4.40 Å². The highest BCUT2D eigenvalue weighted by Gasteiger charge is 2.31. The highest BCUT2D eigenvalue weighted by atomic mass is 19.4. The maximum atomic E-state index is 13.0. The van der Waals surface area contributed by atoms with Crippen LogP contribution >= 0.6 is 0 Å². The lowest BCUT2D eigenvalue weighted by Gasteiger charge is -2.13. The van der Waals surface area contributed by atoms with E-state index in [9.17, 15) is 26.3 Å². The molecule has 0 bridgehead atoms. The summed E-state index contributed by atoms with van der Waals surface area (Å²) in [6.45, 7) is 0. The van der Waals surface area contributed by atoms with Crippen LogP contribution in [0.4, 0.5) is 37.8 Å². The molecule has 0 aliphatic carbocycles. The smallest absolute Gasteiger partial charge is 0.406 e. The summed E-state index contributed by atoms with van der Waals surface area (Å²) in [5, 5.41) is 2.86. The van der Waals surface area contributed by atoms with Crippen molar-refractivity contribution in [3.8, 4) is 5.75 Å². The highest BCUT2D eigenvalue weighted by molar-refractivity contribution is 5.84. The van der Waals surface area contributed by atoms with Crippen molar-refractivity contribution in [3.05, 3.63) is 60.4 Å². The number of halogens is 6. The van der Waals surface area contributed by atoms with Crippen molar-refractivity contribution >= 4 is 28.2 Å². The topological polar surface area (TPSA) is 51.5 Å². The summed E-state index contributed by atoms with van der Waals surface area (Å²) in [6.07, 6.45) is -6.31. The van der Waals surface area contributed by atoms with Gasteiger partial charge in [-0.1, -0.05) is 0 Å². The van der Waals surface area contributed by atoms with Gasteiger partial charge in [0, 0.05) is 18.1 Å². The van der Waals surface area contributed by atoms with Crippen molar-refractivity contribution in [1.29, 1.82) is 0 Å². The van der Waals surface area contributed by atoms with Gasteiger partial charge in [0.05, 0.1) is 16.6 Å². The molecule has 29 heavy (non-hydrogen) atoms. The van der Waals surface area contributed by atoms with Crippen LogP contribution < -0.4 is 10.1 Å². The Kier molecular flexibility index (Phi) is 4.25. The van der Waals surface area contributed by atoms with E-state index in [0.717, 1.165) is 24.3 Å². The van der Waals surface area contributed by atoms with E-state index in [1.807, 2.05) is 0 Å². The third-order valence-corrected chi connectivity index (χ3v) is 4.00. The number of rotatable bonds is 3. The second kappa shape index (κ2) is 6.54. The Morgan fingerprint density at radius 1 is 0.931 bits per heavy atom. The summed E-state index contributed by atoms with van der Waals surface area (Å²) in [4.78, 5) is 8.37. The zero-order chi connectivity index (χ0) is 20.8. The van der Waals surface area contributed by atoms with E-state index in [1.54, 1.807) is 10.6 Å². The van der Waals surface area contributed by atoms with Crippen molar-refractivity contribution in [2.24, 2.45) is 0 Å². The highest BCUT2D eigenvalue weighted by Crippen LogP contribution is 2.32. The number of anilines is 2. The van der Waals surface area contributed by atoms with Crippen LogP contribution in [-0.2, 0) is 6.18 Å². The number of hydrogen-bond acceptors (Lipinski definition) is 4. The van der Waals surface area contributed by atoms with Crippen molar-refractivity contribution in [3.63, 3.8) is 0 Å². The Hall–Kier alpha value is -3.50. The number of aromatic nitrogens is 3. The average molecular weight is 412 g/mol. The molecule has 0 amide bonds. The minimum absolute atomic E-state index is 0.0739. The molecule has 1 N–H and O–H groups in total. The maximum absolute atomic E-state index is 13.0. The van der Waals surface area contributed by atoms with Gasteiger partial charge in [-0.15, -0.1) is 13.2 Å². The Morgan fingerprint density at radius 3 is 2.31 bits per heavy atom. The van der Waals surface area contributed by atoms with Gasteiger partial charge in [-0.2, -0.15) is 13.2 Å². The molecule has 0 spiro atoms. The lowest BCUT2D eigenvalue weighted by Crippen LogP contribution is -2.17. The molecule has 0 radical (unpaired) electrons. The first-order valence-electron chi connectivity index (χ1n) is 8.07. The quantitative estimate of drug-likeness (QED) is 0.449. The first-order valence-corrected chi connectivity index (χ1v) is 8.07. The van der Waals surface area contributed by atoms with Crippen LogP contribution in [0.15, 0.2) is 54.9 Å². The second-order valence-electron chi connectivity index (χ2n) is 5.98. The molecular weight excluding hydrogens is 402 g/mol. The van der Waals surface area contributed by atoms with Crippen LogP contribution in [0.1, 0.15) is 5.56 Å². The molecule has 0 aliphatic heterocycles. The average Bonchev–Trinajstić information content (AvgIpc) is 3.11. The molecule has 0 unspecified atom stereocenters. The molecule has 150 valence electrons. The summed E-state index contributed by atoms with van der Waals surface area (Å²) < 4.78 is 81.2. The number of benzene rings is 2. The van der Waals surface area contributed by atoms with Crippen LogP contribution in [-0.4, -0.2) is 20.7 Å². The Bertz CT molecular complexity index is 1180. The van der Waals surface area contributed by atoms with Crippen LogP contribution in [0.5, 0.6) is 5.75 Å². The largest absolute Gasteiger partial charge is 0.573 e. The van der Waals surface area contributed by atoms with Gasteiger partial charge in [-0.25, -0.2) is 9.97 Å². The first kappa shape index (κ1) is 18.8. The summed E-state index contributed by atoms with van der Waals surface area (Å²) in [6, 6.07) is 8.00. The summed E-state index contributed by atoms with van der Waals surface area (Å²) in [5.41, 5.74) is 0.336. The Balaban J connectivity index is 1.73. The minimum atomic E-state index is -4.81. The summed E-state index contributed by atoms with van der Waals surface area (Å²) in [7, 11) is 0. The summed E-state index contributed by atoms with van der Waals surface area (Å²) in [5.74, 6) is -0.262. The number of hydrogen-bond donors (Lipinski definition) is 1. The van der Waals surface area contributed by atoms with Gasteiger partial charge in [0.1, 0.15) is 5.75 Å². The SMILES string of the molecule is FC(F)(F)Oc1ccc(Nc2nc3cc(C(F)(F)F)ccc3n3ccnc23)cc1. The molecule has 0 atom stereocenters. The summed E-state index contributed by atoms with van der Waals surface area (Å²) >= 11 is 0. The van der Waals surface area contributed by atoms with E-state index >= 15 is 0 Å². The van der Waals surface area contributed by atoms with E-state index in [0.29, 0.717) is 16.9 Å². The second-order valence-corrected chi connectivity index (χ2v) is 5.98. The monoisotopic (exact) mass is 412 g/mol. The maximum Gasteiger partial charge on any atom is 0.573 e. The first-order chi connectivity index (χ1) is 13.6. The fourth-order valence-electron chi connectivity index (χ4n) is 2.80. The molecule has 2 aromatic carbocycles. The van der Waals surface area contributed by atoms with E-state index in [-0.39, 0.29) is 11.3 Å². The van der Waals surface area contributed by atoms with Crippen LogP contribution in [0.2, 0.25) is 0 Å². The number of fused-ring (bicyclic) bond motifs is 3. The van der Waals surface area contributed by atoms with Crippen molar-refractivity contribution in [2.45, 2.75) is 12.5 Å². The lowest BCUT2D eigenvalue weighted by atomic mass is 10.2. The van der Waals surface area contributed by atoms with Gasteiger partial charge >= 0.3 is 12.5 Å². The van der Waals surface area contributed by atoms with Crippen molar-refractivity contribution in [2.75, 3.05) is 5.32 Å². The number of ether oxygens (including phenoxy) is 1. The molecular formula is C18H10F6N4O. The molecule has 0 fully saturated rings. The van der Waals surface area contributed by atoms with Crippen LogP contribution in [0.25, 0.3) is 16.7 Å². The van der Waals surface area contributed by atoms with Gasteiger partial charge in [0.15, 0.2) is 11.5 Å². The molecule has 0 saturated carbocycles. The Labute approximate surface area is 158 Å². The molecule has 0 aliphatic rings. The Morgan fingerprint density at radius 2 is 1.66 bits per heavy atom. The van der Waals surface area contributed by atoms with E-state index < -0.39 is 23.9 Å². The van der Waals surface area contributed by atoms with Gasteiger partial charge in [0.25, 0.3) is 0 Å². The van der Waals surface area contributed by atoms with Crippen LogP contribution in [0, 0.1) is 0 Å². The minimum Gasteiger partial charge on any atom is -0.406 e. The number of imidazole rings is 1. The molecule has 11 heteroatoms. The van der Waals surface area contributed by atoms with E-state index in [1.165, 1.54) is 24.4 Å². The zero-order valence-electron chi connectivity index (χ0n) is 14.2. The van der Waals surface area contributed by atoms with Gasteiger partial charge in [0.2, 0.25) is 0 Å². The van der Waals surface area contributed by atoms with Crippen LogP contribution in [0.3, 0.4) is 0 Å². The zero-order valence-corrected chi connectivity index (χ0v) is 14.2. The molecule has 5 nitrogen and oxygen atoms in total. The van der Waals surface area contributed by atoms with E-state index in [2.05, 4.69) is 20.0 Å². The predicted octanol–water partition coefficient (Wildman–Crippen LogP) is 5.54. The number of nitrogens with zero attached hydrogens (tertiary/aromatic N) is 3. The fraction of sp³-hybridized carbons (Fsp3) is 0.111. The lowest BCUT2D eigenvalue weighted by molar-refractivity contribution is -0.274. The van der Waals surface area contributed by atoms with Crippen molar-refractivity contribution in [1.82, 2.24) is 14.4 Å². The van der Waals surface area contributed by atoms with Gasteiger partial charge < -0.3 is 10.1 Å². The standard InChI is InChI=1S/C18H10F6N4O/c19-17(20,21)10-1-6-14-13(9-10)27-15(16-25-7-8-28(14)16)26-11-2-4-12(5-3-11)29-18(22,23)24/h1-9H,(H,26,27). The van der Waals surface area contributed by atoms with Gasteiger partial charge in [-0.05, 0) is 42.5 Å². The number of alkyl halides is 6. The van der Waals surface area contributed by atoms with E-state index in [4.69, 9.17) is 0 Å². The third kappa shape index (κ3) is 3.89. The molecule has 0 saturated heterocycles. The molecule has 2 aromatic heterocycles. The molecule has 2 heterocycles. The molecule has 4 rings (SSSR count). The predicted molar refractivity (Wildman–Crippen MR) is 91.9 cm³/mol.